The molecule has 0 bridgehead atoms. The molecule has 1 aromatic rings. The molecule has 3 rings (SSSR count). The van der Waals surface area contributed by atoms with Gasteiger partial charge < -0.3 is 19.1 Å². The lowest BCUT2D eigenvalue weighted by Crippen LogP contribution is -2.48. The van der Waals surface area contributed by atoms with Crippen LogP contribution in [0, 0.1) is 0 Å². The van der Waals surface area contributed by atoms with Gasteiger partial charge in [0.15, 0.2) is 11.5 Å². The molecular weight excluding hydrogens is 346 g/mol. The number of hydrogen-bond donors (Lipinski definition) is 1. The minimum absolute atomic E-state index is 0.0952. The lowest BCUT2D eigenvalue weighted by molar-refractivity contribution is -0.135. The molecule has 2 saturated heterocycles. The number of ether oxygens (including phenoxy) is 3. The second-order valence-corrected chi connectivity index (χ2v) is 6.63. The number of nitrogens with zero attached hydrogens (tertiary/aromatic N) is 1. The van der Waals surface area contributed by atoms with Crippen LogP contribution in [0.4, 0.5) is 8.78 Å². The summed E-state index contributed by atoms with van der Waals surface area (Å²) in [4.78, 5) is 14.0. The number of amides is 1. The second kappa shape index (κ2) is 7.65. The molecule has 26 heavy (non-hydrogen) atoms. The maximum absolute atomic E-state index is 13.3. The van der Waals surface area contributed by atoms with E-state index >= 15 is 0 Å². The summed E-state index contributed by atoms with van der Waals surface area (Å²) in [5.41, 5.74) is 0. The number of hydrogen-bond acceptors (Lipinski definition) is 5. The van der Waals surface area contributed by atoms with E-state index in [9.17, 15) is 13.6 Å². The van der Waals surface area contributed by atoms with E-state index in [1.54, 1.807) is 31.3 Å². The second-order valence-electron chi connectivity index (χ2n) is 6.63. The normalized spacial score (nSPS) is 22.9. The molecule has 1 atom stereocenters. The fourth-order valence-corrected chi connectivity index (χ4v) is 3.40. The molecule has 1 N–H and O–H groups in total. The number of rotatable bonds is 5. The van der Waals surface area contributed by atoms with Crippen molar-refractivity contribution in [2.24, 2.45) is 0 Å². The van der Waals surface area contributed by atoms with E-state index in [1.807, 2.05) is 6.07 Å². The first kappa shape index (κ1) is 18.7. The van der Waals surface area contributed by atoms with E-state index in [-0.39, 0.29) is 12.0 Å². The van der Waals surface area contributed by atoms with Crippen LogP contribution in [0.1, 0.15) is 19.3 Å². The number of likely N-dealkylation sites (tertiary alicyclic amines) is 1. The molecule has 0 saturated carbocycles. The summed E-state index contributed by atoms with van der Waals surface area (Å²) in [6.45, 7) is 0.520. The zero-order valence-corrected chi connectivity index (χ0v) is 15.0. The fraction of sp³-hybridized carbons (Fsp3) is 0.611. The van der Waals surface area contributed by atoms with Gasteiger partial charge in [0.2, 0.25) is 11.7 Å². The molecular formula is C18H24F2N2O4. The first-order chi connectivity index (χ1) is 12.4. The summed E-state index contributed by atoms with van der Waals surface area (Å²) < 4.78 is 43.3. The number of piperidine rings is 1. The molecule has 2 heterocycles. The minimum atomic E-state index is -2.80. The van der Waals surface area contributed by atoms with Crippen LogP contribution in [0.5, 0.6) is 17.2 Å². The summed E-state index contributed by atoms with van der Waals surface area (Å²) in [7, 11) is 3.13. The van der Waals surface area contributed by atoms with E-state index in [1.165, 1.54) is 0 Å². The first-order valence-electron chi connectivity index (χ1n) is 8.71. The Bertz CT molecular complexity index is 626. The average Bonchev–Trinajstić information content (AvgIpc) is 3.01. The van der Waals surface area contributed by atoms with Gasteiger partial charge in [-0.2, -0.15) is 0 Å². The molecule has 2 fully saturated rings. The molecule has 0 radical (unpaired) electrons. The van der Waals surface area contributed by atoms with Crippen LogP contribution in [0.2, 0.25) is 0 Å². The number of carbonyl (C=O) groups is 1. The standard InChI is InChI=1S/C18H24F2N2O4/c1-24-14-4-3-5-15(25-2)16(14)26-12-6-8-22(9-7-12)17(23)13-10-18(19,20)11-21-13/h3-5,12-13,21H,6-11H2,1-2H3. The van der Waals surface area contributed by atoms with Gasteiger partial charge in [0.05, 0.1) is 26.8 Å². The number of halogens is 2. The van der Waals surface area contributed by atoms with Gasteiger partial charge in [-0.05, 0) is 12.1 Å². The van der Waals surface area contributed by atoms with Gasteiger partial charge in [0, 0.05) is 32.4 Å². The van der Waals surface area contributed by atoms with Crippen molar-refractivity contribution in [2.45, 2.75) is 37.3 Å². The molecule has 144 valence electrons. The van der Waals surface area contributed by atoms with Gasteiger partial charge in [-0.25, -0.2) is 8.78 Å². The quantitative estimate of drug-likeness (QED) is 0.860. The Morgan fingerprint density at radius 2 is 1.81 bits per heavy atom. The van der Waals surface area contributed by atoms with Gasteiger partial charge in [0.25, 0.3) is 5.92 Å². The van der Waals surface area contributed by atoms with Crippen LogP contribution in [-0.4, -0.2) is 62.7 Å². The first-order valence-corrected chi connectivity index (χ1v) is 8.71. The summed E-state index contributed by atoms with van der Waals surface area (Å²) >= 11 is 0. The highest BCUT2D eigenvalue weighted by Gasteiger charge is 2.44. The third-order valence-corrected chi connectivity index (χ3v) is 4.83. The van der Waals surface area contributed by atoms with Gasteiger partial charge in [-0.15, -0.1) is 0 Å². The van der Waals surface area contributed by atoms with Crippen molar-refractivity contribution in [2.75, 3.05) is 33.9 Å². The Balaban J connectivity index is 1.57. The number of benzene rings is 1. The SMILES string of the molecule is COc1cccc(OC)c1OC1CCN(C(=O)C2CC(F)(F)CN2)CC1. The molecule has 2 aliphatic heterocycles. The predicted molar refractivity (Wildman–Crippen MR) is 91.1 cm³/mol. The van der Waals surface area contributed by atoms with Gasteiger partial charge >= 0.3 is 0 Å². The van der Waals surface area contributed by atoms with E-state index in [2.05, 4.69) is 5.32 Å². The molecule has 2 aliphatic rings. The summed E-state index contributed by atoms with van der Waals surface area (Å²) in [5, 5.41) is 2.62. The van der Waals surface area contributed by atoms with E-state index < -0.39 is 24.9 Å². The highest BCUT2D eigenvalue weighted by atomic mass is 19.3. The van der Waals surface area contributed by atoms with Crippen molar-refractivity contribution in [3.63, 3.8) is 0 Å². The maximum Gasteiger partial charge on any atom is 0.262 e. The van der Waals surface area contributed by atoms with Crippen LogP contribution in [-0.2, 0) is 4.79 Å². The Morgan fingerprint density at radius 3 is 2.31 bits per heavy atom. The smallest absolute Gasteiger partial charge is 0.262 e. The molecule has 8 heteroatoms. The van der Waals surface area contributed by atoms with Crippen molar-refractivity contribution in [1.82, 2.24) is 10.2 Å². The predicted octanol–water partition coefficient (Wildman–Crippen LogP) is 2.07. The highest BCUT2D eigenvalue weighted by molar-refractivity contribution is 5.82. The van der Waals surface area contributed by atoms with E-state index in [4.69, 9.17) is 14.2 Å². The van der Waals surface area contributed by atoms with Crippen molar-refractivity contribution in [1.29, 1.82) is 0 Å². The van der Waals surface area contributed by atoms with Crippen molar-refractivity contribution in [3.05, 3.63) is 18.2 Å². The lowest BCUT2D eigenvalue weighted by Gasteiger charge is -2.34. The van der Waals surface area contributed by atoms with Crippen molar-refractivity contribution in [3.8, 4) is 17.2 Å². The summed E-state index contributed by atoms with van der Waals surface area (Å²) in [5.74, 6) is -1.35. The fourth-order valence-electron chi connectivity index (χ4n) is 3.40. The van der Waals surface area contributed by atoms with Crippen LogP contribution < -0.4 is 19.5 Å². The van der Waals surface area contributed by atoms with E-state index in [0.717, 1.165) is 0 Å². The molecule has 6 nitrogen and oxygen atoms in total. The van der Waals surface area contributed by atoms with Crippen molar-refractivity contribution < 1.29 is 27.8 Å². The number of nitrogens with one attached hydrogen (secondary N) is 1. The number of para-hydroxylation sites is 1. The monoisotopic (exact) mass is 370 g/mol. The molecule has 1 amide bonds. The maximum atomic E-state index is 13.3. The zero-order valence-electron chi connectivity index (χ0n) is 15.0. The topological polar surface area (TPSA) is 60.0 Å². The third-order valence-electron chi connectivity index (χ3n) is 4.83. The van der Waals surface area contributed by atoms with E-state index in [0.29, 0.717) is 43.2 Å². The number of methoxy groups -OCH3 is 2. The largest absolute Gasteiger partial charge is 0.493 e. The van der Waals surface area contributed by atoms with Crippen LogP contribution in [0.3, 0.4) is 0 Å². The Labute approximate surface area is 151 Å². The molecule has 0 spiro atoms. The van der Waals surface area contributed by atoms with Crippen LogP contribution in [0.25, 0.3) is 0 Å². The van der Waals surface area contributed by atoms with Crippen molar-refractivity contribution >= 4 is 5.91 Å². The molecule has 0 aromatic heterocycles. The minimum Gasteiger partial charge on any atom is -0.493 e. The number of alkyl halides is 2. The number of carbonyl (C=O) groups excluding carboxylic acids is 1. The Kier molecular flexibility index (Phi) is 5.50. The average molecular weight is 370 g/mol. The van der Waals surface area contributed by atoms with Crippen LogP contribution in [0.15, 0.2) is 18.2 Å². The molecule has 1 aromatic carbocycles. The third kappa shape index (κ3) is 4.00. The van der Waals surface area contributed by atoms with Gasteiger partial charge in [-0.3, -0.25) is 10.1 Å². The molecule has 0 aliphatic carbocycles. The lowest BCUT2D eigenvalue weighted by atomic mass is 10.1. The Morgan fingerprint density at radius 1 is 1.19 bits per heavy atom. The summed E-state index contributed by atoms with van der Waals surface area (Å²) in [6, 6.07) is 4.61. The Hall–Kier alpha value is -2.09. The molecule has 1 unspecified atom stereocenters. The van der Waals surface area contributed by atoms with Gasteiger partial charge in [0.1, 0.15) is 6.10 Å². The summed E-state index contributed by atoms with van der Waals surface area (Å²) in [6.07, 6.45) is 0.717. The van der Waals surface area contributed by atoms with Gasteiger partial charge in [-0.1, -0.05) is 6.07 Å². The highest BCUT2D eigenvalue weighted by Crippen LogP contribution is 2.38. The zero-order chi connectivity index (χ0) is 18.7. The van der Waals surface area contributed by atoms with Crippen LogP contribution >= 0.6 is 0 Å².